The number of nitrogens with one attached hydrogen (secondary N) is 1. The van der Waals surface area contributed by atoms with Gasteiger partial charge in [-0.05, 0) is 36.2 Å². The quantitative estimate of drug-likeness (QED) is 0.826. The van der Waals surface area contributed by atoms with Crippen molar-refractivity contribution in [2.24, 2.45) is 0 Å². The Morgan fingerprint density at radius 2 is 2.29 bits per heavy atom. The Kier molecular flexibility index (Phi) is 4.18. The van der Waals surface area contributed by atoms with Crippen molar-refractivity contribution < 1.29 is 0 Å². The molecule has 0 aliphatic rings. The molecule has 4 heteroatoms. The topological polar surface area (TPSA) is 29.9 Å². The standard InChI is InChI=1S/C13H16ClN3/c1-11-9-13(14)4-3-12(11)10-15-6-8-17-7-2-5-16-17/h2-5,7,9,15H,6,8,10H2,1H3. The second kappa shape index (κ2) is 5.84. The first-order valence-electron chi connectivity index (χ1n) is 5.69. The maximum Gasteiger partial charge on any atom is 0.0534 e. The van der Waals surface area contributed by atoms with Crippen molar-refractivity contribution in [2.75, 3.05) is 6.54 Å². The highest BCUT2D eigenvalue weighted by atomic mass is 35.5. The van der Waals surface area contributed by atoms with Gasteiger partial charge in [0.05, 0.1) is 6.54 Å². The molecule has 0 aliphatic heterocycles. The second-order valence-corrected chi connectivity index (χ2v) is 4.45. The van der Waals surface area contributed by atoms with E-state index in [-0.39, 0.29) is 0 Å². The molecule has 0 atom stereocenters. The van der Waals surface area contributed by atoms with Gasteiger partial charge in [0.1, 0.15) is 0 Å². The summed E-state index contributed by atoms with van der Waals surface area (Å²) < 4.78 is 1.92. The molecule has 0 spiro atoms. The second-order valence-electron chi connectivity index (χ2n) is 4.02. The Morgan fingerprint density at radius 3 is 3.00 bits per heavy atom. The fraction of sp³-hybridized carbons (Fsp3) is 0.308. The molecule has 0 bridgehead atoms. The summed E-state index contributed by atoms with van der Waals surface area (Å²) in [6.07, 6.45) is 3.76. The van der Waals surface area contributed by atoms with Crippen LogP contribution >= 0.6 is 11.6 Å². The van der Waals surface area contributed by atoms with E-state index >= 15 is 0 Å². The number of nitrogens with zero attached hydrogens (tertiary/aromatic N) is 2. The predicted molar refractivity (Wildman–Crippen MR) is 70.1 cm³/mol. The summed E-state index contributed by atoms with van der Waals surface area (Å²) in [5.74, 6) is 0. The molecule has 0 radical (unpaired) electrons. The van der Waals surface area contributed by atoms with Crippen LogP contribution in [0.1, 0.15) is 11.1 Å². The van der Waals surface area contributed by atoms with Gasteiger partial charge in [-0.2, -0.15) is 5.10 Å². The molecule has 90 valence electrons. The SMILES string of the molecule is Cc1cc(Cl)ccc1CNCCn1cccn1. The van der Waals surface area contributed by atoms with Crippen molar-refractivity contribution in [3.8, 4) is 0 Å². The molecule has 1 aromatic heterocycles. The molecule has 0 unspecified atom stereocenters. The normalized spacial score (nSPS) is 10.7. The van der Waals surface area contributed by atoms with Crippen LogP contribution in [0, 0.1) is 6.92 Å². The smallest absolute Gasteiger partial charge is 0.0534 e. The van der Waals surface area contributed by atoms with Gasteiger partial charge in [-0.3, -0.25) is 4.68 Å². The monoisotopic (exact) mass is 249 g/mol. The summed E-state index contributed by atoms with van der Waals surface area (Å²) in [4.78, 5) is 0. The van der Waals surface area contributed by atoms with Crippen LogP contribution in [0.25, 0.3) is 0 Å². The van der Waals surface area contributed by atoms with Crippen LogP contribution in [-0.2, 0) is 13.1 Å². The third-order valence-corrected chi connectivity index (χ3v) is 2.93. The van der Waals surface area contributed by atoms with Crippen LogP contribution < -0.4 is 5.32 Å². The van der Waals surface area contributed by atoms with E-state index in [2.05, 4.69) is 23.4 Å². The van der Waals surface area contributed by atoms with E-state index in [1.165, 1.54) is 11.1 Å². The molecule has 2 aromatic rings. The molecule has 0 saturated heterocycles. The van der Waals surface area contributed by atoms with Crippen molar-refractivity contribution in [1.82, 2.24) is 15.1 Å². The van der Waals surface area contributed by atoms with E-state index in [0.29, 0.717) is 0 Å². The fourth-order valence-electron chi connectivity index (χ4n) is 1.71. The number of aryl methyl sites for hydroxylation is 1. The van der Waals surface area contributed by atoms with E-state index in [4.69, 9.17) is 11.6 Å². The molecule has 1 aromatic carbocycles. The number of benzene rings is 1. The summed E-state index contributed by atoms with van der Waals surface area (Å²) >= 11 is 5.91. The minimum Gasteiger partial charge on any atom is -0.311 e. The maximum atomic E-state index is 5.91. The van der Waals surface area contributed by atoms with Crippen LogP contribution in [0.15, 0.2) is 36.7 Å². The fourth-order valence-corrected chi connectivity index (χ4v) is 1.93. The van der Waals surface area contributed by atoms with E-state index < -0.39 is 0 Å². The number of rotatable bonds is 5. The molecule has 1 N–H and O–H groups in total. The van der Waals surface area contributed by atoms with E-state index in [1.54, 1.807) is 6.20 Å². The number of hydrogen-bond acceptors (Lipinski definition) is 2. The average molecular weight is 250 g/mol. The highest BCUT2D eigenvalue weighted by Gasteiger charge is 1.98. The average Bonchev–Trinajstić information content (AvgIpc) is 2.79. The van der Waals surface area contributed by atoms with Crippen LogP contribution in [0.2, 0.25) is 5.02 Å². The third kappa shape index (κ3) is 3.58. The largest absolute Gasteiger partial charge is 0.311 e. The molecular formula is C13H16ClN3. The van der Waals surface area contributed by atoms with Gasteiger partial charge >= 0.3 is 0 Å². The summed E-state index contributed by atoms with van der Waals surface area (Å²) in [7, 11) is 0. The highest BCUT2D eigenvalue weighted by Crippen LogP contribution is 2.14. The molecule has 17 heavy (non-hydrogen) atoms. The summed E-state index contributed by atoms with van der Waals surface area (Å²) in [6, 6.07) is 7.92. The van der Waals surface area contributed by atoms with E-state index in [9.17, 15) is 0 Å². The zero-order valence-electron chi connectivity index (χ0n) is 9.86. The van der Waals surface area contributed by atoms with Crippen LogP contribution in [0.4, 0.5) is 0 Å². The van der Waals surface area contributed by atoms with E-state index in [1.807, 2.05) is 29.1 Å². The van der Waals surface area contributed by atoms with Crippen molar-refractivity contribution in [1.29, 1.82) is 0 Å². The highest BCUT2D eigenvalue weighted by molar-refractivity contribution is 6.30. The van der Waals surface area contributed by atoms with Gasteiger partial charge in [-0.15, -0.1) is 0 Å². The maximum absolute atomic E-state index is 5.91. The van der Waals surface area contributed by atoms with Crippen molar-refractivity contribution in [3.63, 3.8) is 0 Å². The molecule has 2 rings (SSSR count). The van der Waals surface area contributed by atoms with Gasteiger partial charge in [0, 0.05) is 30.5 Å². The Balaban J connectivity index is 1.78. The van der Waals surface area contributed by atoms with Crippen molar-refractivity contribution in [3.05, 3.63) is 52.8 Å². The van der Waals surface area contributed by atoms with Gasteiger partial charge in [-0.25, -0.2) is 0 Å². The van der Waals surface area contributed by atoms with Gasteiger partial charge in [0.2, 0.25) is 0 Å². The molecule has 0 fully saturated rings. The lowest BCUT2D eigenvalue weighted by Gasteiger charge is -2.08. The molecule has 1 heterocycles. The summed E-state index contributed by atoms with van der Waals surface area (Å²) in [5, 5.41) is 8.34. The molecule has 0 amide bonds. The van der Waals surface area contributed by atoms with Gasteiger partial charge < -0.3 is 5.32 Å². The first-order chi connectivity index (χ1) is 8.25. The van der Waals surface area contributed by atoms with Crippen molar-refractivity contribution >= 4 is 11.6 Å². The number of aromatic nitrogens is 2. The lowest BCUT2D eigenvalue weighted by atomic mass is 10.1. The zero-order chi connectivity index (χ0) is 12.1. The zero-order valence-corrected chi connectivity index (χ0v) is 10.6. The van der Waals surface area contributed by atoms with Gasteiger partial charge in [-0.1, -0.05) is 17.7 Å². The predicted octanol–water partition coefficient (Wildman–Crippen LogP) is 2.63. The summed E-state index contributed by atoms with van der Waals surface area (Å²) in [6.45, 7) is 4.74. The lowest BCUT2D eigenvalue weighted by molar-refractivity contribution is 0.554. The first-order valence-corrected chi connectivity index (χ1v) is 6.06. The third-order valence-electron chi connectivity index (χ3n) is 2.70. The van der Waals surface area contributed by atoms with Gasteiger partial charge in [0.25, 0.3) is 0 Å². The van der Waals surface area contributed by atoms with E-state index in [0.717, 1.165) is 24.7 Å². The van der Waals surface area contributed by atoms with Crippen LogP contribution in [-0.4, -0.2) is 16.3 Å². The Labute approximate surface area is 106 Å². The Hall–Kier alpha value is -1.32. The summed E-state index contributed by atoms with van der Waals surface area (Å²) in [5.41, 5.74) is 2.51. The molecule has 0 aliphatic carbocycles. The Morgan fingerprint density at radius 1 is 1.41 bits per heavy atom. The first kappa shape index (κ1) is 12.1. The Bertz CT molecular complexity index is 466. The molecule has 3 nitrogen and oxygen atoms in total. The van der Waals surface area contributed by atoms with Crippen LogP contribution in [0.5, 0.6) is 0 Å². The molecule has 0 saturated carbocycles. The number of hydrogen-bond donors (Lipinski definition) is 1. The minimum absolute atomic E-state index is 0.794. The minimum atomic E-state index is 0.794. The lowest BCUT2D eigenvalue weighted by Crippen LogP contribution is -2.20. The van der Waals surface area contributed by atoms with Gasteiger partial charge in [0.15, 0.2) is 0 Å². The van der Waals surface area contributed by atoms with Crippen molar-refractivity contribution in [2.45, 2.75) is 20.0 Å². The number of halogens is 1. The molecular weight excluding hydrogens is 234 g/mol. The van der Waals surface area contributed by atoms with Crippen LogP contribution in [0.3, 0.4) is 0 Å².